The van der Waals surface area contributed by atoms with Gasteiger partial charge in [0.2, 0.25) is 0 Å². The van der Waals surface area contributed by atoms with Crippen LogP contribution >= 0.6 is 7.37 Å². The quantitative estimate of drug-likeness (QED) is 0.518. The van der Waals surface area contributed by atoms with Crippen molar-refractivity contribution in [3.05, 3.63) is 0 Å². The zero-order valence-corrected chi connectivity index (χ0v) is 11.7. The number of hydrogen-bond donors (Lipinski definition) is 3. The first-order valence-corrected chi connectivity index (χ1v) is 8.49. The molecule has 6 heteroatoms. The summed E-state index contributed by atoms with van der Waals surface area (Å²) in [6, 6.07) is 0. The van der Waals surface area contributed by atoms with Crippen LogP contribution in [0.2, 0.25) is 0 Å². The lowest BCUT2D eigenvalue weighted by molar-refractivity contribution is 0.0182. The molecule has 0 aromatic rings. The highest BCUT2D eigenvalue weighted by molar-refractivity contribution is 7.57. The van der Waals surface area contributed by atoms with Crippen LogP contribution in [0.3, 0.4) is 0 Å². The van der Waals surface area contributed by atoms with Crippen LogP contribution in [-0.4, -0.2) is 54.1 Å². The first-order valence-electron chi connectivity index (χ1n) is 5.97. The van der Waals surface area contributed by atoms with Gasteiger partial charge in [-0.3, -0.25) is 4.57 Å². The van der Waals surface area contributed by atoms with Gasteiger partial charge in [-0.15, -0.1) is 0 Å². The lowest BCUT2D eigenvalue weighted by Crippen LogP contribution is -2.33. The van der Waals surface area contributed by atoms with Crippen molar-refractivity contribution >= 4 is 7.37 Å². The molecule has 5 nitrogen and oxygen atoms in total. The molecule has 0 amide bonds. The molecule has 0 unspecified atom stereocenters. The fourth-order valence-corrected chi connectivity index (χ4v) is 3.19. The molecule has 3 N–H and O–H groups in total. The van der Waals surface area contributed by atoms with E-state index in [1.807, 2.05) is 0 Å². The molecule has 0 aliphatic carbocycles. The maximum absolute atomic E-state index is 11.8. The molecule has 0 aromatic heterocycles. The molecule has 0 heterocycles. The molecule has 104 valence electrons. The van der Waals surface area contributed by atoms with E-state index in [0.29, 0.717) is 32.1 Å². The van der Waals surface area contributed by atoms with Crippen molar-refractivity contribution in [3.63, 3.8) is 0 Å². The monoisotopic (exact) mass is 268 g/mol. The van der Waals surface area contributed by atoms with Crippen molar-refractivity contribution in [1.29, 1.82) is 0 Å². The van der Waals surface area contributed by atoms with Crippen LogP contribution in [-0.2, 0) is 9.09 Å². The smallest absolute Gasteiger partial charge is 0.197 e. The first kappa shape index (κ1) is 17.1. The Hall–Kier alpha value is 0.0700. The van der Waals surface area contributed by atoms with E-state index in [1.54, 1.807) is 0 Å². The van der Waals surface area contributed by atoms with Gasteiger partial charge in [0, 0.05) is 33.2 Å². The molecule has 0 atom stereocenters. The van der Waals surface area contributed by atoms with Crippen molar-refractivity contribution in [1.82, 2.24) is 0 Å². The maximum atomic E-state index is 11.8. The highest BCUT2D eigenvalue weighted by Gasteiger charge is 2.33. The van der Waals surface area contributed by atoms with Crippen molar-refractivity contribution in [2.75, 3.05) is 33.2 Å². The van der Waals surface area contributed by atoms with Crippen LogP contribution in [0.4, 0.5) is 0 Å². The Kier molecular flexibility index (Phi) is 8.25. The van der Waals surface area contributed by atoms with Crippen LogP contribution in [0.15, 0.2) is 0 Å². The van der Waals surface area contributed by atoms with E-state index in [1.165, 1.54) is 13.3 Å². The van der Waals surface area contributed by atoms with Crippen molar-refractivity contribution < 1.29 is 24.4 Å². The van der Waals surface area contributed by atoms with Crippen LogP contribution in [0.25, 0.3) is 0 Å². The highest BCUT2D eigenvalue weighted by Crippen LogP contribution is 2.47. The molecule has 0 spiro atoms. The van der Waals surface area contributed by atoms with Gasteiger partial charge >= 0.3 is 0 Å². The topological polar surface area (TPSA) is 87.0 Å². The second-order valence-electron chi connectivity index (χ2n) is 4.65. The van der Waals surface area contributed by atoms with Crippen molar-refractivity contribution in [2.45, 2.75) is 37.7 Å². The molecule has 0 bridgehead atoms. The number of hydrogen-bond acceptors (Lipinski definition) is 5. The molecule has 0 aliphatic rings. The summed E-state index contributed by atoms with van der Waals surface area (Å²) in [6.45, 7) is 3.09. The maximum Gasteiger partial charge on any atom is 0.197 e. The van der Waals surface area contributed by atoms with E-state index in [9.17, 15) is 4.57 Å². The third-order valence-corrected chi connectivity index (χ3v) is 3.39. The van der Waals surface area contributed by atoms with E-state index in [4.69, 9.17) is 19.8 Å². The molecule has 0 radical (unpaired) electrons. The molecule has 0 saturated carbocycles. The first-order chi connectivity index (χ1) is 7.89. The van der Waals surface area contributed by atoms with E-state index >= 15 is 0 Å². The Morgan fingerprint density at radius 1 is 0.941 bits per heavy atom. The minimum absolute atomic E-state index is 0.0351. The van der Waals surface area contributed by atoms with E-state index < -0.39 is 13.0 Å². The van der Waals surface area contributed by atoms with Gasteiger partial charge in [-0.25, -0.2) is 0 Å². The number of rotatable bonds is 10. The second kappa shape index (κ2) is 8.22. The minimum atomic E-state index is -2.67. The Morgan fingerprint density at radius 2 is 1.41 bits per heavy atom. The summed E-state index contributed by atoms with van der Waals surface area (Å²) < 4.78 is 17.4. The van der Waals surface area contributed by atoms with Gasteiger partial charge < -0.3 is 19.8 Å². The average molecular weight is 268 g/mol. The van der Waals surface area contributed by atoms with Crippen LogP contribution in [0.5, 0.6) is 0 Å². The van der Waals surface area contributed by atoms with Crippen molar-refractivity contribution in [3.8, 4) is 0 Å². The molecule has 17 heavy (non-hydrogen) atoms. The fraction of sp³-hybridized carbons (Fsp3) is 1.00. The highest BCUT2D eigenvalue weighted by atomic mass is 31.2. The molecule has 0 rings (SSSR count). The number of aliphatic hydroxyl groups excluding tert-OH is 3. The van der Waals surface area contributed by atoms with E-state index in [2.05, 4.69) is 0 Å². The van der Waals surface area contributed by atoms with Gasteiger partial charge in [0.25, 0.3) is 0 Å². The lowest BCUT2D eigenvalue weighted by Gasteiger charge is -2.35. The Morgan fingerprint density at radius 3 is 1.71 bits per heavy atom. The summed E-state index contributed by atoms with van der Waals surface area (Å²) in [4.78, 5) is 0. The lowest BCUT2D eigenvalue weighted by atomic mass is 9.89. The molecular weight excluding hydrogens is 243 g/mol. The summed E-state index contributed by atoms with van der Waals surface area (Å²) in [5, 5.41) is 26.9. The van der Waals surface area contributed by atoms with Gasteiger partial charge in [-0.05, 0) is 32.1 Å². The zero-order chi connectivity index (χ0) is 13.4. The minimum Gasteiger partial charge on any atom is -0.396 e. The second-order valence-corrected chi connectivity index (χ2v) is 7.34. The van der Waals surface area contributed by atoms with Gasteiger partial charge in [-0.2, -0.15) is 0 Å². The third-order valence-electron chi connectivity index (χ3n) is 2.56. The fourth-order valence-electron chi connectivity index (χ4n) is 1.98. The largest absolute Gasteiger partial charge is 0.396 e. The summed E-state index contributed by atoms with van der Waals surface area (Å²) >= 11 is 0. The Labute approximate surface area is 103 Å². The summed E-state index contributed by atoms with van der Waals surface area (Å²) in [7, 11) is -2.67. The molecule has 0 aromatic carbocycles. The summed E-state index contributed by atoms with van der Waals surface area (Å²) in [5.74, 6) is 0. The van der Waals surface area contributed by atoms with Gasteiger partial charge in [0.15, 0.2) is 7.37 Å². The predicted octanol–water partition coefficient (Wildman–Crippen LogP) is 1.21. The normalized spacial score (nSPS) is 13.0. The molecular formula is C11H25O5P. The standard InChI is InChI=1S/C11H25O5P/c1-17(2,15)16-11(7-10-14,5-3-8-12)6-4-9-13/h12-14H,3-10H2,1-2H3. The third kappa shape index (κ3) is 7.90. The van der Waals surface area contributed by atoms with Gasteiger partial charge in [-0.1, -0.05) is 0 Å². The van der Waals surface area contributed by atoms with Gasteiger partial charge in [0.05, 0.1) is 5.60 Å². The Balaban J connectivity index is 4.73. The SMILES string of the molecule is CP(C)(=O)OC(CCO)(CCCO)CCCO. The van der Waals surface area contributed by atoms with Gasteiger partial charge in [0.1, 0.15) is 0 Å². The summed E-state index contributed by atoms with van der Waals surface area (Å²) in [6.07, 6.45) is 2.51. The van der Waals surface area contributed by atoms with E-state index in [-0.39, 0.29) is 19.8 Å². The van der Waals surface area contributed by atoms with Crippen LogP contribution in [0.1, 0.15) is 32.1 Å². The predicted molar refractivity (Wildman–Crippen MR) is 67.6 cm³/mol. The van der Waals surface area contributed by atoms with Crippen LogP contribution < -0.4 is 0 Å². The van der Waals surface area contributed by atoms with Crippen LogP contribution in [0, 0.1) is 0 Å². The zero-order valence-electron chi connectivity index (χ0n) is 10.8. The number of aliphatic hydroxyl groups is 3. The van der Waals surface area contributed by atoms with Crippen molar-refractivity contribution in [2.24, 2.45) is 0 Å². The summed E-state index contributed by atoms with van der Waals surface area (Å²) in [5.41, 5.74) is -0.695. The molecule has 0 aliphatic heterocycles. The Bertz CT molecular complexity index is 230. The molecule has 0 fully saturated rings. The average Bonchev–Trinajstić information content (AvgIpc) is 2.22. The van der Waals surface area contributed by atoms with E-state index in [0.717, 1.165) is 0 Å². The molecule has 0 saturated heterocycles.